The van der Waals surface area contributed by atoms with E-state index in [9.17, 15) is 13.6 Å². The van der Waals surface area contributed by atoms with E-state index < -0.39 is 18.1 Å². The van der Waals surface area contributed by atoms with Crippen LogP contribution < -0.4 is 9.80 Å². The second kappa shape index (κ2) is 9.57. The van der Waals surface area contributed by atoms with Crippen molar-refractivity contribution in [2.45, 2.75) is 26.8 Å². The summed E-state index contributed by atoms with van der Waals surface area (Å²) in [5, 5.41) is 10.8. The molecule has 0 bridgehead atoms. The van der Waals surface area contributed by atoms with Crippen LogP contribution in [0.25, 0.3) is 22.6 Å². The quantitative estimate of drug-likeness (QED) is 0.330. The van der Waals surface area contributed by atoms with Crippen LogP contribution in [0.3, 0.4) is 0 Å². The Morgan fingerprint density at radius 3 is 2.43 bits per heavy atom. The Labute approximate surface area is 198 Å². The van der Waals surface area contributed by atoms with E-state index in [1.54, 1.807) is 51.0 Å². The number of benzene rings is 1. The lowest BCUT2D eigenvalue weighted by Gasteiger charge is -2.25. The second-order valence-electron chi connectivity index (χ2n) is 7.93. The van der Waals surface area contributed by atoms with Crippen LogP contribution >= 0.6 is 0 Å². The number of aryl methyl sites for hydroxylation is 2. The normalized spacial score (nSPS) is 11.2. The largest absolute Gasteiger partial charge is 0.415 e. The molecule has 0 aliphatic carbocycles. The van der Waals surface area contributed by atoms with E-state index >= 15 is 4.39 Å². The van der Waals surface area contributed by atoms with Gasteiger partial charge >= 0.3 is 6.43 Å². The van der Waals surface area contributed by atoms with E-state index in [1.165, 1.54) is 17.2 Å². The van der Waals surface area contributed by atoms with E-state index in [0.29, 0.717) is 51.6 Å². The average Bonchev–Trinajstić information content (AvgIpc) is 3.45. The zero-order chi connectivity index (χ0) is 25.3. The summed E-state index contributed by atoms with van der Waals surface area (Å²) in [7, 11) is 3.56. The third kappa shape index (κ3) is 4.72. The fourth-order valence-electron chi connectivity index (χ4n) is 3.64. The van der Waals surface area contributed by atoms with Crippen LogP contribution in [0.4, 0.5) is 24.5 Å². The van der Waals surface area contributed by atoms with Gasteiger partial charge in [0.05, 0.1) is 40.4 Å². The number of hydrogen-bond acceptors (Lipinski definition) is 8. The molecule has 4 aromatic rings. The van der Waals surface area contributed by atoms with E-state index in [0.717, 1.165) is 0 Å². The summed E-state index contributed by atoms with van der Waals surface area (Å²) in [6.07, 6.45) is -0.922. The number of nitrogens with zero attached hydrogens (tertiary/aromatic N) is 6. The number of halogens is 3. The molecule has 12 heteroatoms. The number of rotatable bonds is 8. The summed E-state index contributed by atoms with van der Waals surface area (Å²) in [5.74, 6) is -0.938. The fraction of sp³-hybridized carbons (Fsp3) is 0.261. The van der Waals surface area contributed by atoms with Gasteiger partial charge in [-0.15, -0.1) is 10.2 Å². The molecule has 4 rings (SSSR count). The van der Waals surface area contributed by atoms with Crippen LogP contribution in [0.2, 0.25) is 0 Å². The van der Waals surface area contributed by atoms with Crippen molar-refractivity contribution in [3.8, 4) is 22.6 Å². The molecule has 0 fully saturated rings. The van der Waals surface area contributed by atoms with Crippen molar-refractivity contribution < 1.29 is 26.9 Å². The third-order valence-electron chi connectivity index (χ3n) is 5.32. The molecule has 0 saturated heterocycles. The van der Waals surface area contributed by atoms with Crippen molar-refractivity contribution in [3.63, 3.8) is 0 Å². The highest BCUT2D eigenvalue weighted by molar-refractivity contribution is 5.87. The predicted octanol–water partition coefficient (Wildman–Crippen LogP) is 4.71. The molecular weight excluding hydrogens is 465 g/mol. The first-order chi connectivity index (χ1) is 16.7. The molecule has 1 amide bonds. The first kappa shape index (κ1) is 23.9. The number of aromatic nitrogens is 4. The lowest BCUT2D eigenvalue weighted by Crippen LogP contribution is -2.24. The van der Waals surface area contributed by atoms with Crippen LogP contribution in [-0.2, 0) is 11.3 Å². The molecule has 0 atom stereocenters. The smallest absolute Gasteiger partial charge is 0.314 e. The molecule has 0 unspecified atom stereocenters. The zero-order valence-electron chi connectivity index (χ0n) is 19.3. The van der Waals surface area contributed by atoms with Crippen molar-refractivity contribution >= 4 is 17.8 Å². The van der Waals surface area contributed by atoms with Gasteiger partial charge in [0.15, 0.2) is 0 Å². The third-order valence-corrected chi connectivity index (χ3v) is 5.32. The zero-order valence-corrected chi connectivity index (χ0v) is 19.3. The monoisotopic (exact) mass is 486 g/mol. The van der Waals surface area contributed by atoms with Gasteiger partial charge in [-0.25, -0.2) is 4.39 Å². The van der Waals surface area contributed by atoms with Gasteiger partial charge in [0.25, 0.3) is 5.89 Å². The van der Waals surface area contributed by atoms with Gasteiger partial charge in [0.1, 0.15) is 11.6 Å². The van der Waals surface area contributed by atoms with Crippen molar-refractivity contribution in [1.29, 1.82) is 0 Å². The summed E-state index contributed by atoms with van der Waals surface area (Å²) in [6.45, 7) is 3.46. The molecule has 3 aromatic heterocycles. The van der Waals surface area contributed by atoms with Crippen molar-refractivity contribution in [3.05, 3.63) is 59.3 Å². The molecular formula is C23H21F3N6O3. The molecule has 3 heterocycles. The van der Waals surface area contributed by atoms with Gasteiger partial charge in [-0.2, -0.15) is 8.78 Å². The molecule has 35 heavy (non-hydrogen) atoms. The Morgan fingerprint density at radius 1 is 1.11 bits per heavy atom. The standard InChI is InChI=1S/C23H21F3N6O3/c1-12-20(13(2)35-30-12)16-7-18(31(3)4)19(8-17(16)24)32(11-33)10-15-6-5-14(9-27-15)22-28-29-23(34-22)21(25)26/h5-9,11,21H,10H2,1-4H3. The summed E-state index contributed by atoms with van der Waals surface area (Å²) in [5.41, 5.74) is 3.16. The van der Waals surface area contributed by atoms with E-state index in [-0.39, 0.29) is 12.4 Å². The average molecular weight is 486 g/mol. The highest BCUT2D eigenvalue weighted by Crippen LogP contribution is 2.38. The molecule has 9 nitrogen and oxygen atoms in total. The van der Waals surface area contributed by atoms with Crippen LogP contribution in [-0.4, -0.2) is 40.8 Å². The van der Waals surface area contributed by atoms with Crippen molar-refractivity contribution in [1.82, 2.24) is 20.3 Å². The molecule has 1 aromatic carbocycles. The molecule has 0 N–H and O–H groups in total. The SMILES string of the molecule is Cc1noc(C)c1-c1cc(N(C)C)c(N(C=O)Cc2ccc(-c3nnc(C(F)F)o3)cn2)cc1F. The lowest BCUT2D eigenvalue weighted by atomic mass is 10.0. The van der Waals surface area contributed by atoms with E-state index in [1.807, 2.05) is 0 Å². The van der Waals surface area contributed by atoms with Gasteiger partial charge in [-0.05, 0) is 32.0 Å². The van der Waals surface area contributed by atoms with Crippen LogP contribution in [0, 0.1) is 19.7 Å². The predicted molar refractivity (Wildman–Crippen MR) is 120 cm³/mol. The van der Waals surface area contributed by atoms with E-state index in [4.69, 9.17) is 8.94 Å². The van der Waals surface area contributed by atoms with Crippen molar-refractivity contribution in [2.24, 2.45) is 0 Å². The summed E-state index contributed by atoms with van der Waals surface area (Å²) in [6, 6.07) is 6.06. The number of carbonyl (C=O) groups is 1. The molecule has 0 aliphatic heterocycles. The molecule has 0 spiro atoms. The highest BCUT2D eigenvalue weighted by atomic mass is 19.3. The van der Waals surface area contributed by atoms with Gasteiger partial charge in [0.2, 0.25) is 12.3 Å². The first-order valence-electron chi connectivity index (χ1n) is 10.4. The molecule has 182 valence electrons. The summed E-state index contributed by atoms with van der Waals surface area (Å²) < 4.78 is 50.7. The maximum absolute atomic E-state index is 15.2. The number of hydrogen-bond donors (Lipinski definition) is 0. The number of carbonyl (C=O) groups excluding carboxylic acids is 1. The maximum atomic E-state index is 15.2. The van der Waals surface area contributed by atoms with Crippen LogP contribution in [0.15, 0.2) is 39.4 Å². The van der Waals surface area contributed by atoms with Gasteiger partial charge < -0.3 is 18.7 Å². The van der Waals surface area contributed by atoms with Gasteiger partial charge in [0, 0.05) is 31.9 Å². The van der Waals surface area contributed by atoms with Crippen LogP contribution in [0.1, 0.15) is 29.5 Å². The Balaban J connectivity index is 1.64. The van der Waals surface area contributed by atoms with Crippen LogP contribution in [0.5, 0.6) is 0 Å². The lowest BCUT2D eigenvalue weighted by molar-refractivity contribution is -0.107. The minimum absolute atomic E-state index is 0.0286. The highest BCUT2D eigenvalue weighted by Gasteiger charge is 2.22. The number of anilines is 2. The second-order valence-corrected chi connectivity index (χ2v) is 7.93. The number of pyridine rings is 1. The first-order valence-corrected chi connectivity index (χ1v) is 10.4. The minimum Gasteiger partial charge on any atom is -0.415 e. The Bertz CT molecular complexity index is 1330. The Morgan fingerprint density at radius 2 is 1.89 bits per heavy atom. The molecule has 0 radical (unpaired) electrons. The minimum atomic E-state index is -2.88. The van der Waals surface area contributed by atoms with Gasteiger partial charge in [-0.1, -0.05) is 5.16 Å². The Hall–Kier alpha value is -4.22. The maximum Gasteiger partial charge on any atom is 0.314 e. The summed E-state index contributed by atoms with van der Waals surface area (Å²) >= 11 is 0. The number of alkyl halides is 2. The molecule has 0 aliphatic rings. The van der Waals surface area contributed by atoms with Crippen molar-refractivity contribution in [2.75, 3.05) is 23.9 Å². The van der Waals surface area contributed by atoms with E-state index in [2.05, 4.69) is 20.3 Å². The fourth-order valence-corrected chi connectivity index (χ4v) is 3.64. The summed E-state index contributed by atoms with van der Waals surface area (Å²) in [4.78, 5) is 19.3. The van der Waals surface area contributed by atoms with Gasteiger partial charge in [-0.3, -0.25) is 9.78 Å². The molecule has 0 saturated carbocycles. The topological polar surface area (TPSA) is 101 Å². The number of amides is 1. The Kier molecular flexibility index (Phi) is 6.54.